The Kier molecular flexibility index (Phi) is 5.80. The number of nitrogens with zero attached hydrogens (tertiary/aromatic N) is 4. The van der Waals surface area contributed by atoms with Crippen LogP contribution < -0.4 is 16.4 Å². The predicted octanol–water partition coefficient (Wildman–Crippen LogP) is 2.22. The number of carbonyl (C=O) groups is 2. The van der Waals surface area contributed by atoms with Crippen molar-refractivity contribution in [2.24, 2.45) is 0 Å². The molecule has 0 aliphatic carbocycles. The first-order valence-corrected chi connectivity index (χ1v) is 10.1. The summed E-state index contributed by atoms with van der Waals surface area (Å²) in [6.07, 6.45) is 3.25. The average molecular weight is 430 g/mol. The smallest absolute Gasteiger partial charge is 0.270 e. The molecule has 0 bridgehead atoms. The molecule has 9 heteroatoms. The van der Waals surface area contributed by atoms with Crippen LogP contribution in [0.25, 0.3) is 10.8 Å². The van der Waals surface area contributed by atoms with Gasteiger partial charge in [0.2, 0.25) is 0 Å². The maximum absolute atomic E-state index is 13.0. The van der Waals surface area contributed by atoms with Crippen molar-refractivity contribution in [1.82, 2.24) is 30.4 Å². The molecule has 0 saturated carbocycles. The number of hydrogen-bond donors (Lipinski definition) is 2. The maximum atomic E-state index is 13.0. The molecule has 2 aromatic heterocycles. The molecular weight excluding hydrogens is 408 g/mol. The van der Waals surface area contributed by atoms with Crippen molar-refractivity contribution in [2.75, 3.05) is 0 Å². The first kappa shape index (κ1) is 21.0. The molecule has 2 heterocycles. The Hall–Kier alpha value is -4.27. The molecule has 1 unspecified atom stereocenters. The van der Waals surface area contributed by atoms with E-state index in [1.165, 1.54) is 9.36 Å². The van der Waals surface area contributed by atoms with Gasteiger partial charge in [-0.2, -0.15) is 10.2 Å². The molecule has 2 N–H and O–H groups in total. The Bertz CT molecular complexity index is 1310. The highest BCUT2D eigenvalue weighted by Crippen LogP contribution is 2.18. The second-order valence-electron chi connectivity index (χ2n) is 7.48. The van der Waals surface area contributed by atoms with E-state index in [-0.39, 0.29) is 17.3 Å². The molecule has 0 aliphatic rings. The average Bonchev–Trinajstić information content (AvgIpc) is 3.33. The van der Waals surface area contributed by atoms with Gasteiger partial charge in [-0.1, -0.05) is 48.5 Å². The van der Waals surface area contributed by atoms with Gasteiger partial charge in [-0.25, -0.2) is 4.68 Å². The maximum Gasteiger partial charge on any atom is 0.290 e. The third-order valence-corrected chi connectivity index (χ3v) is 4.98. The normalized spacial score (nSPS) is 12.0. The third-order valence-electron chi connectivity index (χ3n) is 4.98. The zero-order valence-electron chi connectivity index (χ0n) is 17.6. The number of aromatic nitrogens is 4. The van der Waals surface area contributed by atoms with Crippen LogP contribution in [-0.4, -0.2) is 31.4 Å². The van der Waals surface area contributed by atoms with Crippen LogP contribution in [0.15, 0.2) is 77.9 Å². The summed E-state index contributed by atoms with van der Waals surface area (Å²) >= 11 is 0. The molecule has 32 heavy (non-hydrogen) atoms. The van der Waals surface area contributed by atoms with E-state index < -0.39 is 17.9 Å². The van der Waals surface area contributed by atoms with Crippen LogP contribution in [0.2, 0.25) is 0 Å². The number of fused-ring (bicyclic) bond motifs is 1. The molecule has 0 saturated heterocycles. The molecular formula is C23H22N6O3. The summed E-state index contributed by atoms with van der Waals surface area (Å²) in [5.41, 5.74) is 5.38. The van der Waals surface area contributed by atoms with E-state index in [9.17, 15) is 14.4 Å². The Morgan fingerprint density at radius 2 is 1.59 bits per heavy atom. The van der Waals surface area contributed by atoms with Crippen molar-refractivity contribution in [3.8, 4) is 0 Å². The van der Waals surface area contributed by atoms with E-state index in [4.69, 9.17) is 0 Å². The summed E-state index contributed by atoms with van der Waals surface area (Å²) in [4.78, 5) is 38.7. The summed E-state index contributed by atoms with van der Waals surface area (Å²) < 4.78 is 2.76. The SMILES string of the molecule is CC(C)n1nc(C(=O)NNC(=O)C(c2ccccc2)n2cccn2)c2ccccc2c1=O. The van der Waals surface area contributed by atoms with Crippen molar-refractivity contribution in [2.45, 2.75) is 25.9 Å². The number of carbonyl (C=O) groups excluding carboxylic acids is 2. The molecule has 0 fully saturated rings. The fraction of sp³-hybridized carbons (Fsp3) is 0.174. The second kappa shape index (κ2) is 8.84. The van der Waals surface area contributed by atoms with Gasteiger partial charge in [-0.15, -0.1) is 0 Å². The van der Waals surface area contributed by atoms with Gasteiger partial charge in [0.25, 0.3) is 17.4 Å². The molecule has 162 valence electrons. The van der Waals surface area contributed by atoms with Gasteiger partial charge in [-0.3, -0.25) is 29.9 Å². The van der Waals surface area contributed by atoms with Gasteiger partial charge in [0.05, 0.1) is 11.4 Å². The highest BCUT2D eigenvalue weighted by molar-refractivity contribution is 6.05. The number of nitrogens with one attached hydrogen (secondary N) is 2. The fourth-order valence-corrected chi connectivity index (χ4v) is 3.46. The van der Waals surface area contributed by atoms with E-state index in [0.29, 0.717) is 16.3 Å². The Morgan fingerprint density at radius 3 is 2.25 bits per heavy atom. The summed E-state index contributed by atoms with van der Waals surface area (Å²) in [5, 5.41) is 9.22. The standard InChI is InChI=1S/C23H22N6O3/c1-15(2)29-23(32)18-12-7-6-11-17(18)19(27-29)21(30)25-26-22(31)20(28-14-8-13-24-28)16-9-4-3-5-10-16/h3-15,20H,1-2H3,(H,25,30)(H,26,31). The Morgan fingerprint density at radius 1 is 0.906 bits per heavy atom. The largest absolute Gasteiger partial charge is 0.290 e. The zero-order valence-corrected chi connectivity index (χ0v) is 17.6. The Labute approximate surface area is 183 Å². The minimum absolute atomic E-state index is 0.0459. The number of amides is 2. The van der Waals surface area contributed by atoms with E-state index in [0.717, 1.165) is 0 Å². The summed E-state index contributed by atoms with van der Waals surface area (Å²) in [6.45, 7) is 3.61. The van der Waals surface area contributed by atoms with Crippen molar-refractivity contribution < 1.29 is 9.59 Å². The van der Waals surface area contributed by atoms with Crippen LogP contribution in [0, 0.1) is 0 Å². The monoisotopic (exact) mass is 430 g/mol. The van der Waals surface area contributed by atoms with E-state index in [2.05, 4.69) is 21.0 Å². The van der Waals surface area contributed by atoms with Gasteiger partial charge >= 0.3 is 0 Å². The minimum Gasteiger partial charge on any atom is -0.270 e. The first-order chi connectivity index (χ1) is 15.5. The van der Waals surface area contributed by atoms with Crippen LogP contribution in [0.4, 0.5) is 0 Å². The minimum atomic E-state index is -0.777. The highest BCUT2D eigenvalue weighted by Gasteiger charge is 2.24. The van der Waals surface area contributed by atoms with E-state index in [1.807, 2.05) is 18.2 Å². The summed E-state index contributed by atoms with van der Waals surface area (Å²) in [6, 6.07) is 16.6. The predicted molar refractivity (Wildman–Crippen MR) is 119 cm³/mol. The van der Waals surface area contributed by atoms with Gasteiger partial charge < -0.3 is 0 Å². The van der Waals surface area contributed by atoms with Gasteiger partial charge in [0, 0.05) is 17.8 Å². The lowest BCUT2D eigenvalue weighted by Gasteiger charge is -2.18. The van der Waals surface area contributed by atoms with Crippen LogP contribution >= 0.6 is 0 Å². The summed E-state index contributed by atoms with van der Waals surface area (Å²) in [7, 11) is 0. The van der Waals surface area contributed by atoms with Crippen molar-refractivity contribution in [3.05, 3.63) is 94.7 Å². The lowest BCUT2D eigenvalue weighted by molar-refractivity contribution is -0.124. The Balaban J connectivity index is 1.62. The third kappa shape index (κ3) is 4.00. The highest BCUT2D eigenvalue weighted by atomic mass is 16.2. The molecule has 9 nitrogen and oxygen atoms in total. The second-order valence-corrected chi connectivity index (χ2v) is 7.48. The van der Waals surface area contributed by atoms with Gasteiger partial charge in [0.15, 0.2) is 11.7 Å². The molecule has 0 spiro atoms. The van der Waals surface area contributed by atoms with Gasteiger partial charge in [-0.05, 0) is 31.5 Å². The van der Waals surface area contributed by atoms with Crippen molar-refractivity contribution >= 4 is 22.6 Å². The van der Waals surface area contributed by atoms with Gasteiger partial charge in [0.1, 0.15) is 0 Å². The molecule has 0 radical (unpaired) electrons. The summed E-state index contributed by atoms with van der Waals surface area (Å²) in [5.74, 6) is -1.11. The van der Waals surface area contributed by atoms with Crippen molar-refractivity contribution in [1.29, 1.82) is 0 Å². The topological polar surface area (TPSA) is 111 Å². The molecule has 4 aromatic rings. The quantitative estimate of drug-likeness (QED) is 0.472. The van der Waals surface area contributed by atoms with Crippen LogP contribution in [0.5, 0.6) is 0 Å². The zero-order chi connectivity index (χ0) is 22.7. The van der Waals surface area contributed by atoms with Crippen molar-refractivity contribution in [3.63, 3.8) is 0 Å². The first-order valence-electron chi connectivity index (χ1n) is 10.1. The number of rotatable bonds is 5. The van der Waals surface area contributed by atoms with Crippen LogP contribution in [-0.2, 0) is 4.79 Å². The lowest BCUT2D eigenvalue weighted by atomic mass is 10.1. The van der Waals surface area contributed by atoms with Crippen LogP contribution in [0.3, 0.4) is 0 Å². The number of benzene rings is 2. The molecule has 2 amide bonds. The molecule has 1 atom stereocenters. The lowest BCUT2D eigenvalue weighted by Crippen LogP contribution is -2.46. The fourth-order valence-electron chi connectivity index (χ4n) is 3.46. The van der Waals surface area contributed by atoms with Crippen LogP contribution in [0.1, 0.15) is 42.0 Å². The number of hydrazine groups is 1. The molecule has 4 rings (SSSR count). The molecule has 2 aromatic carbocycles. The van der Waals surface area contributed by atoms with E-state index in [1.54, 1.807) is 68.7 Å². The van der Waals surface area contributed by atoms with E-state index >= 15 is 0 Å². The number of hydrogen-bond acceptors (Lipinski definition) is 5. The molecule has 0 aliphatic heterocycles.